The molecule has 2 aromatic rings. The number of hydrogen-bond acceptors (Lipinski definition) is 4. The lowest BCUT2D eigenvalue weighted by atomic mass is 10.1. The molecule has 0 N–H and O–H groups in total. The van der Waals surface area contributed by atoms with Crippen LogP contribution >= 0.6 is 0 Å². The number of piperazine rings is 1. The lowest BCUT2D eigenvalue weighted by Gasteiger charge is -2.33. The lowest BCUT2D eigenvalue weighted by molar-refractivity contribution is 0.0901. The summed E-state index contributed by atoms with van der Waals surface area (Å²) in [6.45, 7) is 14.5. The highest BCUT2D eigenvalue weighted by Crippen LogP contribution is 2.25. The zero-order valence-electron chi connectivity index (χ0n) is 18.9. The van der Waals surface area contributed by atoms with Gasteiger partial charge >= 0.3 is 0 Å². The molecule has 6 nitrogen and oxygen atoms in total. The minimum atomic E-state index is -3.50. The number of nitrogens with zero attached hydrogens (tertiary/aromatic N) is 3. The molecule has 1 saturated heterocycles. The number of benzene rings is 1. The van der Waals surface area contributed by atoms with Crippen LogP contribution in [0.15, 0.2) is 35.2 Å². The molecule has 3 rings (SSSR count). The van der Waals surface area contributed by atoms with Crippen LogP contribution in [0.1, 0.15) is 48.1 Å². The highest BCUT2D eigenvalue weighted by atomic mass is 32.2. The van der Waals surface area contributed by atoms with E-state index in [0.29, 0.717) is 37.6 Å². The SMILES string of the molecule is Cc1cccc(S(=O)(=O)N2CCN(CC(=O)c3cc(C)n(C(C)(C)C)c3C)CC2)c1. The average molecular weight is 432 g/mol. The first-order valence-electron chi connectivity index (χ1n) is 10.4. The fourth-order valence-electron chi connectivity index (χ4n) is 4.42. The van der Waals surface area contributed by atoms with Crippen molar-refractivity contribution in [2.45, 2.75) is 52.0 Å². The summed E-state index contributed by atoms with van der Waals surface area (Å²) in [4.78, 5) is 15.4. The number of aromatic nitrogens is 1. The van der Waals surface area contributed by atoms with Gasteiger partial charge in [-0.1, -0.05) is 12.1 Å². The van der Waals surface area contributed by atoms with Crippen molar-refractivity contribution >= 4 is 15.8 Å². The number of rotatable bonds is 5. The van der Waals surface area contributed by atoms with E-state index >= 15 is 0 Å². The van der Waals surface area contributed by atoms with E-state index in [1.165, 1.54) is 4.31 Å². The van der Waals surface area contributed by atoms with Gasteiger partial charge in [0.15, 0.2) is 5.78 Å². The maximum absolute atomic E-state index is 13.0. The van der Waals surface area contributed by atoms with Crippen molar-refractivity contribution in [3.8, 4) is 0 Å². The number of Topliss-reactive ketones (excluding diaryl/α,β-unsaturated/α-hetero) is 1. The molecule has 0 amide bonds. The second-order valence-corrected chi connectivity index (χ2v) is 11.1. The van der Waals surface area contributed by atoms with Crippen molar-refractivity contribution in [3.05, 3.63) is 52.8 Å². The van der Waals surface area contributed by atoms with Gasteiger partial charge in [0, 0.05) is 48.7 Å². The largest absolute Gasteiger partial charge is 0.343 e. The Bertz CT molecular complexity index is 1040. The van der Waals surface area contributed by atoms with Gasteiger partial charge in [0.25, 0.3) is 0 Å². The number of carbonyl (C=O) groups is 1. The molecule has 0 spiro atoms. The normalized spacial score (nSPS) is 16.7. The third-order valence-corrected chi connectivity index (χ3v) is 7.62. The van der Waals surface area contributed by atoms with E-state index in [9.17, 15) is 13.2 Å². The zero-order chi connectivity index (χ0) is 22.3. The van der Waals surface area contributed by atoms with Gasteiger partial charge in [-0.2, -0.15) is 4.31 Å². The van der Waals surface area contributed by atoms with Gasteiger partial charge in [-0.05, 0) is 65.3 Å². The number of carbonyl (C=O) groups excluding carboxylic acids is 1. The smallest absolute Gasteiger partial charge is 0.243 e. The minimum Gasteiger partial charge on any atom is -0.343 e. The lowest BCUT2D eigenvalue weighted by Crippen LogP contribution is -2.49. The van der Waals surface area contributed by atoms with Crippen LogP contribution < -0.4 is 0 Å². The fraction of sp³-hybridized carbons (Fsp3) is 0.522. The van der Waals surface area contributed by atoms with Crippen LogP contribution in [0.25, 0.3) is 0 Å². The molecule has 0 radical (unpaired) electrons. The van der Waals surface area contributed by atoms with Crippen molar-refractivity contribution in [3.63, 3.8) is 0 Å². The third kappa shape index (κ3) is 4.53. The molecule has 164 valence electrons. The molecule has 0 aliphatic carbocycles. The summed E-state index contributed by atoms with van der Waals surface area (Å²) in [6.07, 6.45) is 0. The van der Waals surface area contributed by atoms with Gasteiger partial charge in [0.05, 0.1) is 11.4 Å². The molecule has 1 aromatic heterocycles. The van der Waals surface area contributed by atoms with Gasteiger partial charge in [0.2, 0.25) is 10.0 Å². The van der Waals surface area contributed by atoms with E-state index in [-0.39, 0.29) is 11.3 Å². The molecule has 1 aliphatic heterocycles. The Balaban J connectivity index is 1.66. The topological polar surface area (TPSA) is 62.6 Å². The van der Waals surface area contributed by atoms with Gasteiger partial charge in [0.1, 0.15) is 0 Å². The van der Waals surface area contributed by atoms with Crippen LogP contribution in [0, 0.1) is 20.8 Å². The second kappa shape index (κ2) is 8.29. The summed E-state index contributed by atoms with van der Waals surface area (Å²) in [5, 5.41) is 0. The number of sulfonamides is 1. The minimum absolute atomic E-state index is 0.0809. The molecule has 0 bridgehead atoms. The van der Waals surface area contributed by atoms with Crippen molar-refractivity contribution in [2.75, 3.05) is 32.7 Å². The van der Waals surface area contributed by atoms with E-state index in [1.54, 1.807) is 18.2 Å². The van der Waals surface area contributed by atoms with E-state index in [1.807, 2.05) is 37.8 Å². The molecule has 2 heterocycles. The Hall–Kier alpha value is -1.96. The Labute approximate surface area is 180 Å². The molecule has 0 saturated carbocycles. The van der Waals surface area contributed by atoms with Crippen molar-refractivity contribution in [2.24, 2.45) is 0 Å². The van der Waals surface area contributed by atoms with Crippen molar-refractivity contribution in [1.29, 1.82) is 0 Å². The summed E-state index contributed by atoms with van der Waals surface area (Å²) in [7, 11) is -3.50. The molecule has 7 heteroatoms. The van der Waals surface area contributed by atoms with Gasteiger partial charge in [-0.15, -0.1) is 0 Å². The van der Waals surface area contributed by atoms with Gasteiger partial charge in [-0.25, -0.2) is 8.42 Å². The fourth-order valence-corrected chi connectivity index (χ4v) is 5.95. The highest BCUT2D eigenvalue weighted by Gasteiger charge is 2.30. The summed E-state index contributed by atoms with van der Waals surface area (Å²) in [6, 6.07) is 8.98. The highest BCUT2D eigenvalue weighted by molar-refractivity contribution is 7.89. The predicted molar refractivity (Wildman–Crippen MR) is 120 cm³/mol. The van der Waals surface area contributed by atoms with Crippen molar-refractivity contribution in [1.82, 2.24) is 13.8 Å². The van der Waals surface area contributed by atoms with Crippen LogP contribution in [0.4, 0.5) is 0 Å². The monoisotopic (exact) mass is 431 g/mol. The standard InChI is InChI=1S/C23H33N3O3S/c1-17-8-7-9-20(14-17)30(28,29)25-12-10-24(11-13-25)16-22(27)21-15-18(2)26(19(21)3)23(4,5)6/h7-9,14-15H,10-13,16H2,1-6H3. The predicted octanol–water partition coefficient (Wildman–Crippen LogP) is 3.36. The van der Waals surface area contributed by atoms with Crippen LogP contribution in [0.3, 0.4) is 0 Å². The molecule has 1 aliphatic rings. The Morgan fingerprint density at radius 1 is 1.00 bits per heavy atom. The quantitative estimate of drug-likeness (QED) is 0.681. The average Bonchev–Trinajstić information content (AvgIpc) is 2.96. The second-order valence-electron chi connectivity index (χ2n) is 9.21. The van der Waals surface area contributed by atoms with Crippen LogP contribution in [0.5, 0.6) is 0 Å². The van der Waals surface area contributed by atoms with Crippen LogP contribution in [-0.2, 0) is 15.6 Å². The molecular formula is C23H33N3O3S. The molecule has 30 heavy (non-hydrogen) atoms. The summed E-state index contributed by atoms with van der Waals surface area (Å²) < 4.78 is 29.5. The van der Waals surface area contributed by atoms with E-state index < -0.39 is 10.0 Å². The van der Waals surface area contributed by atoms with E-state index in [2.05, 4.69) is 25.3 Å². The van der Waals surface area contributed by atoms with E-state index in [4.69, 9.17) is 0 Å². The Morgan fingerprint density at radius 2 is 1.63 bits per heavy atom. The maximum Gasteiger partial charge on any atom is 0.243 e. The molecule has 0 atom stereocenters. The summed E-state index contributed by atoms with van der Waals surface area (Å²) in [5.74, 6) is 0.0913. The third-order valence-electron chi connectivity index (χ3n) is 5.73. The molecule has 1 aromatic carbocycles. The summed E-state index contributed by atoms with van der Waals surface area (Å²) in [5.41, 5.74) is 3.68. The first kappa shape index (κ1) is 22.7. The van der Waals surface area contributed by atoms with Gasteiger partial charge in [-0.3, -0.25) is 9.69 Å². The van der Waals surface area contributed by atoms with Crippen LogP contribution in [0.2, 0.25) is 0 Å². The Morgan fingerprint density at radius 3 is 2.17 bits per heavy atom. The molecule has 0 unspecified atom stereocenters. The van der Waals surface area contributed by atoms with Gasteiger partial charge < -0.3 is 4.57 Å². The van der Waals surface area contributed by atoms with Crippen molar-refractivity contribution < 1.29 is 13.2 Å². The number of aryl methyl sites for hydroxylation is 2. The Kier molecular flexibility index (Phi) is 6.28. The first-order valence-corrected chi connectivity index (χ1v) is 11.9. The zero-order valence-corrected chi connectivity index (χ0v) is 19.7. The van der Waals surface area contributed by atoms with E-state index in [0.717, 1.165) is 22.5 Å². The first-order chi connectivity index (χ1) is 13.9. The number of hydrogen-bond donors (Lipinski definition) is 0. The molecular weight excluding hydrogens is 398 g/mol. The maximum atomic E-state index is 13.0. The summed E-state index contributed by atoms with van der Waals surface area (Å²) >= 11 is 0. The number of ketones is 1. The van der Waals surface area contributed by atoms with Crippen LogP contribution in [-0.4, -0.2) is 60.7 Å². The molecule has 1 fully saturated rings.